The SMILES string of the molecule is CC(C)NC(=O)CNC(=O)COC(=O)CNC(=O)Cc1cccc2ccccc12. The van der Waals surface area contributed by atoms with Gasteiger partial charge in [-0.25, -0.2) is 0 Å². The molecule has 154 valence electrons. The molecule has 2 aromatic rings. The second-order valence-electron chi connectivity index (χ2n) is 6.75. The average Bonchev–Trinajstić information content (AvgIpc) is 2.69. The zero-order chi connectivity index (χ0) is 21.2. The molecule has 8 nitrogen and oxygen atoms in total. The Morgan fingerprint density at radius 1 is 0.862 bits per heavy atom. The summed E-state index contributed by atoms with van der Waals surface area (Å²) in [5, 5.41) is 9.45. The fourth-order valence-electron chi connectivity index (χ4n) is 2.65. The Morgan fingerprint density at radius 2 is 1.55 bits per heavy atom. The summed E-state index contributed by atoms with van der Waals surface area (Å²) in [7, 11) is 0. The molecule has 0 atom stereocenters. The van der Waals surface area contributed by atoms with E-state index in [9.17, 15) is 19.2 Å². The van der Waals surface area contributed by atoms with E-state index in [0.29, 0.717) is 0 Å². The van der Waals surface area contributed by atoms with Crippen LogP contribution >= 0.6 is 0 Å². The molecule has 2 aromatic carbocycles. The predicted octanol–water partition coefficient (Wildman–Crippen LogP) is 0.683. The first-order valence-corrected chi connectivity index (χ1v) is 9.30. The maximum absolute atomic E-state index is 12.1. The van der Waals surface area contributed by atoms with E-state index < -0.39 is 18.5 Å². The summed E-state index contributed by atoms with van der Waals surface area (Å²) in [6.45, 7) is 2.54. The summed E-state index contributed by atoms with van der Waals surface area (Å²) in [6, 6.07) is 13.4. The third kappa shape index (κ3) is 7.61. The van der Waals surface area contributed by atoms with Gasteiger partial charge in [-0.3, -0.25) is 19.2 Å². The van der Waals surface area contributed by atoms with Crippen LogP contribution in [0.25, 0.3) is 10.8 Å². The lowest BCUT2D eigenvalue weighted by molar-refractivity contribution is -0.148. The molecule has 29 heavy (non-hydrogen) atoms. The number of ether oxygens (including phenoxy) is 1. The lowest BCUT2D eigenvalue weighted by Gasteiger charge is -2.10. The molecule has 0 spiro atoms. The lowest BCUT2D eigenvalue weighted by atomic mass is 10.0. The molecule has 0 aliphatic rings. The molecule has 0 aliphatic carbocycles. The maximum atomic E-state index is 12.1. The van der Waals surface area contributed by atoms with Crippen LogP contribution in [0.2, 0.25) is 0 Å². The molecule has 0 saturated carbocycles. The van der Waals surface area contributed by atoms with Gasteiger partial charge in [-0.15, -0.1) is 0 Å². The van der Waals surface area contributed by atoms with E-state index in [1.807, 2.05) is 42.5 Å². The van der Waals surface area contributed by atoms with E-state index >= 15 is 0 Å². The van der Waals surface area contributed by atoms with Crippen LogP contribution in [0, 0.1) is 0 Å². The number of rotatable bonds is 9. The van der Waals surface area contributed by atoms with E-state index in [4.69, 9.17) is 4.74 Å². The van der Waals surface area contributed by atoms with Crippen molar-refractivity contribution in [2.24, 2.45) is 0 Å². The highest BCUT2D eigenvalue weighted by Crippen LogP contribution is 2.18. The van der Waals surface area contributed by atoms with Crippen molar-refractivity contribution in [3.63, 3.8) is 0 Å². The van der Waals surface area contributed by atoms with Gasteiger partial charge in [-0.1, -0.05) is 42.5 Å². The van der Waals surface area contributed by atoms with E-state index in [0.717, 1.165) is 16.3 Å². The molecule has 0 aliphatic heterocycles. The third-order valence-corrected chi connectivity index (χ3v) is 3.92. The Balaban J connectivity index is 1.70. The molecular weight excluding hydrogens is 374 g/mol. The number of hydrogen-bond acceptors (Lipinski definition) is 5. The minimum atomic E-state index is -0.738. The Labute approximate surface area is 169 Å². The zero-order valence-electron chi connectivity index (χ0n) is 16.5. The first-order valence-electron chi connectivity index (χ1n) is 9.30. The van der Waals surface area contributed by atoms with E-state index in [-0.39, 0.29) is 37.4 Å². The fourth-order valence-corrected chi connectivity index (χ4v) is 2.65. The average molecular weight is 399 g/mol. The van der Waals surface area contributed by atoms with Crippen molar-refractivity contribution >= 4 is 34.5 Å². The number of benzene rings is 2. The Kier molecular flexibility index (Phi) is 8.14. The first-order chi connectivity index (χ1) is 13.8. The molecule has 0 radical (unpaired) electrons. The van der Waals surface area contributed by atoms with Crippen LogP contribution < -0.4 is 16.0 Å². The largest absolute Gasteiger partial charge is 0.454 e. The number of hydrogen-bond donors (Lipinski definition) is 3. The summed E-state index contributed by atoms with van der Waals surface area (Å²) in [5.41, 5.74) is 0.855. The van der Waals surface area contributed by atoms with Gasteiger partial charge in [0.1, 0.15) is 6.54 Å². The Morgan fingerprint density at radius 3 is 2.31 bits per heavy atom. The van der Waals surface area contributed by atoms with Crippen molar-refractivity contribution in [1.29, 1.82) is 0 Å². The van der Waals surface area contributed by atoms with Crippen molar-refractivity contribution in [3.8, 4) is 0 Å². The molecule has 0 fully saturated rings. The van der Waals surface area contributed by atoms with E-state index in [1.54, 1.807) is 13.8 Å². The molecule has 2 rings (SSSR count). The van der Waals surface area contributed by atoms with Crippen LogP contribution in [0.1, 0.15) is 19.4 Å². The van der Waals surface area contributed by atoms with Crippen molar-refractivity contribution in [2.75, 3.05) is 19.7 Å². The van der Waals surface area contributed by atoms with Gasteiger partial charge in [-0.2, -0.15) is 0 Å². The third-order valence-electron chi connectivity index (χ3n) is 3.92. The summed E-state index contributed by atoms with van der Waals surface area (Å²) in [5.74, 6) is -1.99. The number of amides is 3. The smallest absolute Gasteiger partial charge is 0.325 e. The topological polar surface area (TPSA) is 114 Å². The predicted molar refractivity (Wildman–Crippen MR) is 108 cm³/mol. The van der Waals surface area contributed by atoms with Gasteiger partial charge >= 0.3 is 5.97 Å². The molecular formula is C21H25N3O5. The first kappa shape index (κ1) is 21.9. The quantitative estimate of drug-likeness (QED) is 0.537. The highest BCUT2D eigenvalue weighted by molar-refractivity contribution is 5.91. The van der Waals surface area contributed by atoms with E-state index in [2.05, 4.69) is 16.0 Å². The summed E-state index contributed by atoms with van der Waals surface area (Å²) < 4.78 is 4.79. The second-order valence-corrected chi connectivity index (χ2v) is 6.75. The molecule has 0 heterocycles. The molecule has 0 saturated heterocycles. The van der Waals surface area contributed by atoms with Crippen molar-refractivity contribution in [1.82, 2.24) is 16.0 Å². The van der Waals surface area contributed by atoms with Crippen LogP contribution in [0.15, 0.2) is 42.5 Å². The second kappa shape index (κ2) is 10.8. The monoisotopic (exact) mass is 399 g/mol. The van der Waals surface area contributed by atoms with Crippen molar-refractivity contribution in [3.05, 3.63) is 48.0 Å². The Hall–Kier alpha value is -3.42. The minimum absolute atomic E-state index is 0.0327. The van der Waals surface area contributed by atoms with E-state index in [1.165, 1.54) is 0 Å². The van der Waals surface area contributed by atoms with Crippen LogP contribution in [0.3, 0.4) is 0 Å². The Bertz CT molecular complexity index is 890. The van der Waals surface area contributed by atoms with Crippen LogP contribution in [0.4, 0.5) is 0 Å². The molecule has 0 unspecified atom stereocenters. The summed E-state index contributed by atoms with van der Waals surface area (Å²) in [4.78, 5) is 46.8. The highest BCUT2D eigenvalue weighted by atomic mass is 16.5. The van der Waals surface area contributed by atoms with Gasteiger partial charge in [-0.05, 0) is 30.2 Å². The number of fused-ring (bicyclic) bond motifs is 1. The number of carbonyl (C=O) groups excluding carboxylic acids is 4. The normalized spacial score (nSPS) is 10.4. The van der Waals surface area contributed by atoms with Gasteiger partial charge < -0.3 is 20.7 Å². The highest BCUT2D eigenvalue weighted by Gasteiger charge is 2.12. The number of nitrogens with one attached hydrogen (secondary N) is 3. The molecule has 3 amide bonds. The maximum Gasteiger partial charge on any atom is 0.325 e. The minimum Gasteiger partial charge on any atom is -0.454 e. The zero-order valence-corrected chi connectivity index (χ0v) is 16.5. The summed E-state index contributed by atoms with van der Waals surface area (Å²) >= 11 is 0. The van der Waals surface area contributed by atoms with Crippen LogP contribution in [-0.2, 0) is 30.3 Å². The van der Waals surface area contributed by atoms with Gasteiger partial charge in [0, 0.05) is 6.04 Å². The lowest BCUT2D eigenvalue weighted by Crippen LogP contribution is -2.41. The molecule has 0 bridgehead atoms. The van der Waals surface area contributed by atoms with Crippen LogP contribution in [0.5, 0.6) is 0 Å². The molecule has 0 aromatic heterocycles. The number of esters is 1. The van der Waals surface area contributed by atoms with Crippen LogP contribution in [-0.4, -0.2) is 49.4 Å². The van der Waals surface area contributed by atoms with Crippen molar-refractivity contribution in [2.45, 2.75) is 26.3 Å². The molecule has 8 heteroatoms. The van der Waals surface area contributed by atoms with Gasteiger partial charge in [0.2, 0.25) is 11.8 Å². The van der Waals surface area contributed by atoms with Gasteiger partial charge in [0.05, 0.1) is 13.0 Å². The fraction of sp³-hybridized carbons (Fsp3) is 0.333. The van der Waals surface area contributed by atoms with Gasteiger partial charge in [0.25, 0.3) is 5.91 Å². The molecule has 3 N–H and O–H groups in total. The standard InChI is InChI=1S/C21H25N3O5/c1-14(2)24-19(26)11-22-20(27)13-29-21(28)12-23-18(25)10-16-8-5-7-15-6-3-4-9-17(15)16/h3-9,14H,10-13H2,1-2H3,(H,22,27)(H,23,25)(H,24,26). The summed E-state index contributed by atoms with van der Waals surface area (Å²) in [6.07, 6.45) is 0.125. The van der Waals surface area contributed by atoms with Gasteiger partial charge in [0.15, 0.2) is 6.61 Å². The number of carbonyl (C=O) groups is 4. The van der Waals surface area contributed by atoms with Crippen molar-refractivity contribution < 1.29 is 23.9 Å².